The molecule has 0 atom stereocenters. The minimum absolute atomic E-state index is 0. The quantitative estimate of drug-likeness (QED) is 0.466. The van der Waals surface area contributed by atoms with Crippen molar-refractivity contribution in [2.24, 2.45) is 17.2 Å². The molecule has 0 aromatic heterocycles. The van der Waals surface area contributed by atoms with E-state index in [1.807, 2.05) is 72.8 Å². The van der Waals surface area contributed by atoms with Gasteiger partial charge in [0, 0.05) is 19.6 Å². The first-order valence-electron chi connectivity index (χ1n) is 9.07. The summed E-state index contributed by atoms with van der Waals surface area (Å²) in [7, 11) is -0.976. The van der Waals surface area contributed by atoms with Gasteiger partial charge in [-0.3, -0.25) is 0 Å². The largest absolute Gasteiger partial charge is 0.864 e. The van der Waals surface area contributed by atoms with Crippen molar-refractivity contribution in [3.05, 3.63) is 89.5 Å². The molecule has 0 radical (unpaired) electrons. The van der Waals surface area contributed by atoms with Gasteiger partial charge in [-0.1, -0.05) is 36.4 Å². The van der Waals surface area contributed by atoms with Crippen LogP contribution in [0.25, 0.3) is 0 Å². The molecule has 8 heteroatoms. The average molecular weight is 414 g/mol. The van der Waals surface area contributed by atoms with Crippen LogP contribution in [-0.2, 0) is 19.6 Å². The smallest absolute Gasteiger partial charge is 0.490 e. The Labute approximate surface area is 177 Å². The first kappa shape index (κ1) is 22.6. The molecule has 3 rings (SSSR count). The van der Waals surface area contributed by atoms with E-state index in [2.05, 4.69) is 0 Å². The van der Waals surface area contributed by atoms with Gasteiger partial charge in [0.15, 0.2) is 0 Å². The molecule has 152 valence electrons. The minimum atomic E-state index is -0.976. The number of benzene rings is 3. The Balaban J connectivity index is 0.00000300. The number of hydrogen-bond donors (Lipinski definition) is 3. The summed E-state index contributed by atoms with van der Waals surface area (Å²) in [6.07, 6.45) is 0. The molecule has 0 aliphatic heterocycles. The maximum Gasteiger partial charge on any atom is 0.864 e. The minimum Gasteiger partial charge on any atom is -0.490 e. The van der Waals surface area contributed by atoms with Gasteiger partial charge in [-0.05, 0) is 53.1 Å². The van der Waals surface area contributed by atoms with E-state index in [1.165, 1.54) is 0 Å². The fourth-order valence-electron chi connectivity index (χ4n) is 2.52. The second-order valence-corrected chi connectivity index (χ2v) is 6.19. The molecule has 29 heavy (non-hydrogen) atoms. The third kappa shape index (κ3) is 6.69. The molecule has 0 amide bonds. The molecule has 0 aliphatic carbocycles. The Hall–Kier alpha value is -2.71. The van der Waals surface area contributed by atoms with Gasteiger partial charge in [0.25, 0.3) is 0 Å². The third-order valence-electron chi connectivity index (χ3n) is 4.17. The summed E-state index contributed by atoms with van der Waals surface area (Å²) >= 11 is 0. The van der Waals surface area contributed by atoms with E-state index in [0.29, 0.717) is 36.9 Å². The van der Waals surface area contributed by atoms with Crippen LogP contribution in [-0.4, -0.2) is 7.32 Å². The summed E-state index contributed by atoms with van der Waals surface area (Å²) < 4.78 is 17.7. The monoisotopic (exact) mass is 413 g/mol. The lowest BCUT2D eigenvalue weighted by Gasteiger charge is -2.17. The molecule has 3 aromatic rings. The number of nitrogens with two attached hydrogens (primary N) is 3. The van der Waals surface area contributed by atoms with Gasteiger partial charge in [-0.15, -0.1) is 12.4 Å². The molecular formula is C21H25BClN3O3. The van der Waals surface area contributed by atoms with E-state index < -0.39 is 7.32 Å². The van der Waals surface area contributed by atoms with Crippen LogP contribution in [0, 0.1) is 0 Å². The highest BCUT2D eigenvalue weighted by molar-refractivity contribution is 6.39. The summed E-state index contributed by atoms with van der Waals surface area (Å²) in [6.45, 7) is 1.41. The normalized spacial score (nSPS) is 10.0. The molecule has 6 N–H and O–H groups in total. The van der Waals surface area contributed by atoms with Gasteiger partial charge in [-0.25, -0.2) is 0 Å². The highest BCUT2D eigenvalue weighted by atomic mass is 35.5. The number of hydrogen-bond acceptors (Lipinski definition) is 6. The van der Waals surface area contributed by atoms with Crippen molar-refractivity contribution in [1.82, 2.24) is 0 Å². The van der Waals surface area contributed by atoms with Crippen LogP contribution in [0.15, 0.2) is 72.8 Å². The average Bonchev–Trinajstić information content (AvgIpc) is 2.75. The van der Waals surface area contributed by atoms with E-state index in [1.54, 1.807) is 0 Å². The van der Waals surface area contributed by atoms with Crippen molar-refractivity contribution < 1.29 is 14.0 Å². The first-order chi connectivity index (χ1) is 13.7. The summed E-state index contributed by atoms with van der Waals surface area (Å²) in [5, 5.41) is 0. The molecule has 3 aromatic carbocycles. The molecule has 6 nitrogen and oxygen atoms in total. The molecule has 0 spiro atoms. The zero-order valence-corrected chi connectivity index (χ0v) is 16.8. The van der Waals surface area contributed by atoms with Crippen LogP contribution in [0.1, 0.15) is 16.7 Å². The standard InChI is InChI=1S/C21H24BN3O3.ClH/c23-13-16-1-7-19(8-2-16)26-22(27-20-9-3-17(14-24)4-10-20)28-21-11-5-18(15-25)6-12-21;/h1-12H,13-15,23-25H2;1H. The first-order valence-corrected chi connectivity index (χ1v) is 9.07. The van der Waals surface area contributed by atoms with Crippen LogP contribution in [0.4, 0.5) is 0 Å². The van der Waals surface area contributed by atoms with E-state index in [0.717, 1.165) is 16.7 Å². The molecule has 0 saturated carbocycles. The topological polar surface area (TPSA) is 106 Å². The van der Waals surface area contributed by atoms with Crippen molar-refractivity contribution >= 4 is 19.7 Å². The Bertz CT molecular complexity index is 744. The van der Waals surface area contributed by atoms with Crippen molar-refractivity contribution in [3.63, 3.8) is 0 Å². The maximum absolute atomic E-state index is 5.90. The fourth-order valence-corrected chi connectivity index (χ4v) is 2.52. The van der Waals surface area contributed by atoms with Crippen LogP contribution in [0.3, 0.4) is 0 Å². The third-order valence-corrected chi connectivity index (χ3v) is 4.17. The molecule has 0 aliphatic rings. The van der Waals surface area contributed by atoms with Crippen molar-refractivity contribution in [2.45, 2.75) is 19.6 Å². The lowest BCUT2D eigenvalue weighted by atomic mass is 10.1. The highest BCUT2D eigenvalue weighted by Crippen LogP contribution is 2.20. The summed E-state index contributed by atoms with van der Waals surface area (Å²) in [5.41, 5.74) is 20.0. The van der Waals surface area contributed by atoms with Gasteiger partial charge in [0.2, 0.25) is 0 Å². The molecule has 0 fully saturated rings. The van der Waals surface area contributed by atoms with Crippen LogP contribution < -0.4 is 31.2 Å². The summed E-state index contributed by atoms with van der Waals surface area (Å²) in [4.78, 5) is 0. The highest BCUT2D eigenvalue weighted by Gasteiger charge is 2.30. The van der Waals surface area contributed by atoms with E-state index in [4.69, 9.17) is 31.2 Å². The van der Waals surface area contributed by atoms with Gasteiger partial charge in [-0.2, -0.15) is 0 Å². The molecule has 0 saturated heterocycles. The van der Waals surface area contributed by atoms with Gasteiger partial charge in [0.05, 0.1) is 0 Å². The lowest BCUT2D eigenvalue weighted by Crippen LogP contribution is -2.37. The Morgan fingerprint density at radius 2 is 0.724 bits per heavy atom. The zero-order chi connectivity index (χ0) is 19.8. The fraction of sp³-hybridized carbons (Fsp3) is 0.143. The second kappa shape index (κ2) is 11.3. The van der Waals surface area contributed by atoms with Crippen molar-refractivity contribution in [3.8, 4) is 17.2 Å². The van der Waals surface area contributed by atoms with Crippen molar-refractivity contribution in [2.75, 3.05) is 0 Å². The Morgan fingerprint density at radius 1 is 0.483 bits per heavy atom. The van der Waals surface area contributed by atoms with Gasteiger partial charge >= 0.3 is 7.32 Å². The number of rotatable bonds is 9. The summed E-state index contributed by atoms with van der Waals surface area (Å²) in [6, 6.07) is 22.4. The van der Waals surface area contributed by atoms with Crippen LogP contribution >= 0.6 is 12.4 Å². The van der Waals surface area contributed by atoms with E-state index >= 15 is 0 Å². The molecular weight excluding hydrogens is 389 g/mol. The van der Waals surface area contributed by atoms with Crippen LogP contribution in [0.2, 0.25) is 0 Å². The van der Waals surface area contributed by atoms with Gasteiger partial charge < -0.3 is 31.2 Å². The Kier molecular flexibility index (Phi) is 8.83. The zero-order valence-electron chi connectivity index (χ0n) is 16.0. The lowest BCUT2D eigenvalue weighted by molar-refractivity contribution is 0.307. The Morgan fingerprint density at radius 3 is 0.931 bits per heavy atom. The predicted octanol–water partition coefficient (Wildman–Crippen LogP) is 3.01. The van der Waals surface area contributed by atoms with E-state index in [-0.39, 0.29) is 12.4 Å². The second-order valence-electron chi connectivity index (χ2n) is 6.19. The molecule has 0 unspecified atom stereocenters. The summed E-state index contributed by atoms with van der Waals surface area (Å²) in [5.74, 6) is 1.83. The van der Waals surface area contributed by atoms with Crippen LogP contribution in [0.5, 0.6) is 17.2 Å². The predicted molar refractivity (Wildman–Crippen MR) is 118 cm³/mol. The SMILES string of the molecule is Cl.NCc1ccc(OB(Oc2ccc(CN)cc2)Oc2ccc(CN)cc2)cc1. The van der Waals surface area contributed by atoms with E-state index in [9.17, 15) is 0 Å². The molecule has 0 heterocycles. The molecule has 0 bridgehead atoms. The number of halogens is 1. The van der Waals surface area contributed by atoms with Crippen molar-refractivity contribution in [1.29, 1.82) is 0 Å². The maximum atomic E-state index is 5.90. The van der Waals surface area contributed by atoms with Gasteiger partial charge in [0.1, 0.15) is 17.2 Å².